The van der Waals surface area contributed by atoms with Gasteiger partial charge in [-0.3, -0.25) is 0 Å². The van der Waals surface area contributed by atoms with Crippen LogP contribution in [-0.2, 0) is 0 Å². The fourth-order valence-corrected chi connectivity index (χ4v) is 0.374. The van der Waals surface area contributed by atoms with Gasteiger partial charge in [-0.15, -0.1) is 0 Å². The molecule has 0 aliphatic rings. The van der Waals surface area contributed by atoms with E-state index in [9.17, 15) is 0 Å². The topological polar surface area (TPSA) is 25.8 Å². The summed E-state index contributed by atoms with van der Waals surface area (Å²) >= 11 is 0. The molecule has 0 aliphatic carbocycles. The largest absolute Gasteiger partial charge is 0.245 e. The molecule has 2 heteroatoms. The zero-order chi connectivity index (χ0) is 9.11. The van der Waals surface area contributed by atoms with E-state index in [1.807, 2.05) is 34.6 Å². The van der Waals surface area contributed by atoms with Gasteiger partial charge >= 0.3 is 0 Å². The molecule has 0 amide bonds. The highest BCUT2D eigenvalue weighted by Gasteiger charge is 1.74. The second-order valence-electron chi connectivity index (χ2n) is 1.42. The van der Waals surface area contributed by atoms with Crippen LogP contribution in [0.4, 0.5) is 0 Å². The predicted molar refractivity (Wildman–Crippen MR) is 49.5 cm³/mol. The summed E-state index contributed by atoms with van der Waals surface area (Å²) in [4.78, 5) is 7.55. The first-order chi connectivity index (χ1) is 5.39. The lowest BCUT2D eigenvalue weighted by Gasteiger charge is -1.81. The van der Waals surface area contributed by atoms with Crippen LogP contribution in [0, 0.1) is 6.92 Å². The molecule has 2 nitrogen and oxygen atoms in total. The van der Waals surface area contributed by atoms with Crippen molar-refractivity contribution < 1.29 is 0 Å². The van der Waals surface area contributed by atoms with Gasteiger partial charge in [-0.2, -0.15) is 0 Å². The van der Waals surface area contributed by atoms with Crippen molar-refractivity contribution in [2.24, 2.45) is 0 Å². The average Bonchev–Trinajstić information content (AvgIpc) is 2.13. The fourth-order valence-electron chi connectivity index (χ4n) is 0.374. The molecule has 0 N–H and O–H groups in total. The highest BCUT2D eigenvalue weighted by molar-refractivity contribution is 4.96. The van der Waals surface area contributed by atoms with E-state index in [0.29, 0.717) is 0 Å². The van der Waals surface area contributed by atoms with E-state index in [1.165, 1.54) is 6.33 Å². The van der Waals surface area contributed by atoms with Crippen molar-refractivity contribution in [2.45, 2.75) is 34.6 Å². The number of nitrogens with zero attached hydrogens (tertiary/aromatic N) is 2. The van der Waals surface area contributed by atoms with Crippen LogP contribution >= 0.6 is 0 Å². The lowest BCUT2D eigenvalue weighted by Crippen LogP contribution is -1.75. The van der Waals surface area contributed by atoms with Gasteiger partial charge in [0.25, 0.3) is 0 Å². The third-order valence-electron chi connectivity index (χ3n) is 0.690. The first-order valence-corrected chi connectivity index (χ1v) is 4.11. The number of aryl methyl sites for hydroxylation is 1. The Morgan fingerprint density at radius 1 is 0.909 bits per heavy atom. The Morgan fingerprint density at radius 2 is 1.27 bits per heavy atom. The maximum absolute atomic E-state index is 3.77. The Kier molecular flexibility index (Phi) is 13.7. The summed E-state index contributed by atoms with van der Waals surface area (Å²) in [5, 5.41) is 0. The van der Waals surface area contributed by atoms with Gasteiger partial charge in [0.15, 0.2) is 0 Å². The maximum atomic E-state index is 3.77. The minimum absolute atomic E-state index is 1.10. The summed E-state index contributed by atoms with van der Waals surface area (Å²) in [5.74, 6) is 0. The number of hydrogen-bond donors (Lipinski definition) is 0. The van der Waals surface area contributed by atoms with Crippen LogP contribution in [0.25, 0.3) is 0 Å². The predicted octanol–water partition coefficient (Wildman–Crippen LogP) is 2.84. The van der Waals surface area contributed by atoms with E-state index in [4.69, 9.17) is 0 Å². The molecule has 0 spiro atoms. The molecule has 0 aliphatic heterocycles. The normalized spacial score (nSPS) is 6.64. The van der Waals surface area contributed by atoms with Crippen LogP contribution < -0.4 is 0 Å². The summed E-state index contributed by atoms with van der Waals surface area (Å²) in [5.41, 5.74) is 1.10. The molecule has 0 saturated heterocycles. The van der Waals surface area contributed by atoms with Crippen molar-refractivity contribution in [2.75, 3.05) is 0 Å². The van der Waals surface area contributed by atoms with Gasteiger partial charge in [-0.25, -0.2) is 9.97 Å². The Hall–Kier alpha value is -0.920. The molecular formula is C9H18N2. The number of rotatable bonds is 0. The average molecular weight is 154 g/mol. The van der Waals surface area contributed by atoms with Crippen LogP contribution in [-0.4, -0.2) is 9.97 Å². The SMILES string of the molecule is CC.CC.Cc1cncnc1. The van der Waals surface area contributed by atoms with Gasteiger partial charge in [-0.1, -0.05) is 27.7 Å². The zero-order valence-corrected chi connectivity index (χ0v) is 8.13. The fraction of sp³-hybridized carbons (Fsp3) is 0.556. The van der Waals surface area contributed by atoms with Gasteiger partial charge < -0.3 is 0 Å². The molecule has 0 fully saturated rings. The van der Waals surface area contributed by atoms with Gasteiger partial charge in [-0.05, 0) is 12.5 Å². The maximum Gasteiger partial charge on any atom is 0.115 e. The molecule has 1 rings (SSSR count). The lowest BCUT2D eigenvalue weighted by molar-refractivity contribution is 1.13. The highest BCUT2D eigenvalue weighted by atomic mass is 14.8. The van der Waals surface area contributed by atoms with Crippen molar-refractivity contribution in [3.05, 3.63) is 24.3 Å². The second kappa shape index (κ2) is 11.8. The Balaban J connectivity index is 0. The molecule has 0 aromatic carbocycles. The van der Waals surface area contributed by atoms with Crippen molar-refractivity contribution in [3.63, 3.8) is 0 Å². The molecule has 64 valence electrons. The Morgan fingerprint density at radius 3 is 1.45 bits per heavy atom. The summed E-state index contributed by atoms with van der Waals surface area (Å²) in [6.45, 7) is 9.96. The highest BCUT2D eigenvalue weighted by Crippen LogP contribution is 1.84. The van der Waals surface area contributed by atoms with Crippen molar-refractivity contribution in [1.29, 1.82) is 0 Å². The molecule has 0 unspecified atom stereocenters. The first kappa shape index (κ1) is 12.7. The van der Waals surface area contributed by atoms with E-state index in [2.05, 4.69) is 9.97 Å². The molecule has 1 heterocycles. The van der Waals surface area contributed by atoms with E-state index >= 15 is 0 Å². The lowest BCUT2D eigenvalue weighted by atomic mass is 10.4. The Labute approximate surface area is 69.7 Å². The van der Waals surface area contributed by atoms with E-state index < -0.39 is 0 Å². The molecule has 0 bridgehead atoms. The minimum atomic E-state index is 1.10. The molecule has 1 aromatic heterocycles. The third-order valence-corrected chi connectivity index (χ3v) is 0.690. The van der Waals surface area contributed by atoms with E-state index in [-0.39, 0.29) is 0 Å². The molecule has 0 radical (unpaired) electrons. The molecule has 0 atom stereocenters. The summed E-state index contributed by atoms with van der Waals surface area (Å²) in [7, 11) is 0. The van der Waals surface area contributed by atoms with Crippen LogP contribution in [0.1, 0.15) is 33.3 Å². The van der Waals surface area contributed by atoms with Gasteiger partial charge in [0.2, 0.25) is 0 Å². The molecule has 0 saturated carbocycles. The molecule has 11 heavy (non-hydrogen) atoms. The standard InChI is InChI=1S/C5H6N2.2C2H6/c1-5-2-6-4-7-3-5;2*1-2/h2-4H,1H3;2*1-2H3. The third kappa shape index (κ3) is 9.08. The minimum Gasteiger partial charge on any atom is -0.245 e. The summed E-state index contributed by atoms with van der Waals surface area (Å²) in [6.07, 6.45) is 5.06. The quantitative estimate of drug-likeness (QED) is 0.574. The van der Waals surface area contributed by atoms with Crippen LogP contribution in [0.15, 0.2) is 18.7 Å². The van der Waals surface area contributed by atoms with E-state index in [0.717, 1.165) is 5.56 Å². The van der Waals surface area contributed by atoms with Crippen LogP contribution in [0.5, 0.6) is 0 Å². The van der Waals surface area contributed by atoms with Gasteiger partial charge in [0, 0.05) is 12.4 Å². The Bertz CT molecular complexity index is 137. The van der Waals surface area contributed by atoms with Gasteiger partial charge in [0.1, 0.15) is 6.33 Å². The zero-order valence-electron chi connectivity index (χ0n) is 8.13. The van der Waals surface area contributed by atoms with E-state index in [1.54, 1.807) is 12.4 Å². The molecule has 1 aromatic rings. The van der Waals surface area contributed by atoms with Crippen LogP contribution in [0.3, 0.4) is 0 Å². The monoisotopic (exact) mass is 154 g/mol. The van der Waals surface area contributed by atoms with Crippen molar-refractivity contribution in [1.82, 2.24) is 9.97 Å². The first-order valence-electron chi connectivity index (χ1n) is 4.11. The number of aromatic nitrogens is 2. The van der Waals surface area contributed by atoms with Crippen LogP contribution in [0.2, 0.25) is 0 Å². The smallest absolute Gasteiger partial charge is 0.115 e. The second-order valence-corrected chi connectivity index (χ2v) is 1.42. The molecular weight excluding hydrogens is 136 g/mol. The van der Waals surface area contributed by atoms with Crippen molar-refractivity contribution in [3.8, 4) is 0 Å². The summed E-state index contributed by atoms with van der Waals surface area (Å²) < 4.78 is 0. The van der Waals surface area contributed by atoms with Crippen molar-refractivity contribution >= 4 is 0 Å². The van der Waals surface area contributed by atoms with Gasteiger partial charge in [0.05, 0.1) is 0 Å². The number of hydrogen-bond acceptors (Lipinski definition) is 2. The summed E-state index contributed by atoms with van der Waals surface area (Å²) in [6, 6.07) is 0.